The molecule has 0 spiro atoms. The summed E-state index contributed by atoms with van der Waals surface area (Å²) >= 11 is 0. The summed E-state index contributed by atoms with van der Waals surface area (Å²) in [6, 6.07) is 0.325. The Labute approximate surface area is 109 Å². The minimum absolute atomic E-state index is 0.0671. The maximum absolute atomic E-state index is 12.1. The first kappa shape index (κ1) is 15.0. The molecule has 0 unspecified atom stereocenters. The van der Waals surface area contributed by atoms with Gasteiger partial charge in [0.25, 0.3) is 0 Å². The van der Waals surface area contributed by atoms with Crippen molar-refractivity contribution in [2.45, 2.75) is 45.6 Å². The van der Waals surface area contributed by atoms with Crippen molar-refractivity contribution in [1.29, 1.82) is 0 Å². The Morgan fingerprint density at radius 1 is 1.22 bits per heavy atom. The molecule has 5 heteroatoms. The lowest BCUT2D eigenvalue weighted by atomic mass is 10.0. The molecule has 1 saturated heterocycles. The number of carbonyl (C=O) groups excluding carboxylic acids is 2. The highest BCUT2D eigenvalue weighted by molar-refractivity contribution is 5.81. The van der Waals surface area contributed by atoms with Crippen LogP contribution in [-0.2, 0) is 14.3 Å². The summed E-state index contributed by atoms with van der Waals surface area (Å²) < 4.78 is 4.83. The molecule has 1 amide bonds. The van der Waals surface area contributed by atoms with Crippen LogP contribution in [-0.4, -0.2) is 49.1 Å². The first-order valence-corrected chi connectivity index (χ1v) is 6.84. The SMILES string of the molecule is CCOC(=O)CCC(=O)N(CC)C1CCNCC1. The Kier molecular flexibility index (Phi) is 6.72. The number of nitrogens with one attached hydrogen (secondary N) is 1. The molecule has 0 radical (unpaired) electrons. The van der Waals surface area contributed by atoms with Crippen LogP contribution in [0.2, 0.25) is 0 Å². The number of hydrogen-bond donors (Lipinski definition) is 1. The van der Waals surface area contributed by atoms with Crippen LogP contribution in [0.3, 0.4) is 0 Å². The fourth-order valence-electron chi connectivity index (χ4n) is 2.34. The zero-order valence-electron chi connectivity index (χ0n) is 11.4. The van der Waals surface area contributed by atoms with Crippen LogP contribution >= 0.6 is 0 Å². The standard InChI is InChI=1S/C13H24N2O3/c1-3-15(11-7-9-14-10-8-11)12(16)5-6-13(17)18-4-2/h11,14H,3-10H2,1-2H3. The predicted octanol–water partition coefficient (Wildman–Crippen LogP) is 0.930. The molecule has 1 aliphatic heterocycles. The second-order valence-electron chi connectivity index (χ2n) is 4.47. The Morgan fingerprint density at radius 2 is 1.89 bits per heavy atom. The number of ether oxygens (including phenoxy) is 1. The molecule has 0 aromatic heterocycles. The molecule has 1 aliphatic rings. The molecular formula is C13H24N2O3. The molecule has 0 bridgehead atoms. The third kappa shape index (κ3) is 4.64. The van der Waals surface area contributed by atoms with Gasteiger partial charge in [0.2, 0.25) is 5.91 Å². The van der Waals surface area contributed by atoms with E-state index in [1.54, 1.807) is 6.92 Å². The van der Waals surface area contributed by atoms with Crippen molar-refractivity contribution < 1.29 is 14.3 Å². The van der Waals surface area contributed by atoms with Crippen molar-refractivity contribution >= 4 is 11.9 Å². The second-order valence-corrected chi connectivity index (χ2v) is 4.47. The fourth-order valence-corrected chi connectivity index (χ4v) is 2.34. The molecular weight excluding hydrogens is 232 g/mol. The summed E-state index contributed by atoms with van der Waals surface area (Å²) in [5, 5.41) is 3.29. The molecule has 5 nitrogen and oxygen atoms in total. The van der Waals surface area contributed by atoms with Gasteiger partial charge in [-0.05, 0) is 39.8 Å². The Balaban J connectivity index is 2.38. The van der Waals surface area contributed by atoms with Gasteiger partial charge in [-0.3, -0.25) is 9.59 Å². The number of amides is 1. The monoisotopic (exact) mass is 256 g/mol. The van der Waals surface area contributed by atoms with E-state index < -0.39 is 0 Å². The first-order valence-electron chi connectivity index (χ1n) is 6.84. The van der Waals surface area contributed by atoms with E-state index >= 15 is 0 Å². The zero-order chi connectivity index (χ0) is 13.4. The number of piperidine rings is 1. The van der Waals surface area contributed by atoms with Gasteiger partial charge >= 0.3 is 5.97 Å². The van der Waals surface area contributed by atoms with Crippen molar-refractivity contribution in [2.24, 2.45) is 0 Å². The van der Waals surface area contributed by atoms with Gasteiger partial charge in [0.1, 0.15) is 0 Å². The first-order chi connectivity index (χ1) is 8.69. The molecule has 1 heterocycles. The van der Waals surface area contributed by atoms with Gasteiger partial charge in [-0.1, -0.05) is 0 Å². The van der Waals surface area contributed by atoms with Crippen LogP contribution in [0.15, 0.2) is 0 Å². The van der Waals surface area contributed by atoms with Crippen molar-refractivity contribution in [3.05, 3.63) is 0 Å². The number of nitrogens with zero attached hydrogens (tertiary/aromatic N) is 1. The molecule has 104 valence electrons. The highest BCUT2D eigenvalue weighted by Crippen LogP contribution is 2.13. The summed E-state index contributed by atoms with van der Waals surface area (Å²) in [5.41, 5.74) is 0. The maximum atomic E-state index is 12.1. The van der Waals surface area contributed by atoms with E-state index in [1.165, 1.54) is 0 Å². The van der Waals surface area contributed by atoms with E-state index in [9.17, 15) is 9.59 Å². The summed E-state index contributed by atoms with van der Waals surface area (Å²) in [5.74, 6) is -0.218. The van der Waals surface area contributed by atoms with Crippen LogP contribution < -0.4 is 5.32 Å². The molecule has 0 saturated carbocycles. The Morgan fingerprint density at radius 3 is 2.44 bits per heavy atom. The number of hydrogen-bond acceptors (Lipinski definition) is 4. The Hall–Kier alpha value is -1.10. The summed E-state index contributed by atoms with van der Waals surface area (Å²) in [7, 11) is 0. The van der Waals surface area contributed by atoms with Gasteiger partial charge in [-0.2, -0.15) is 0 Å². The van der Waals surface area contributed by atoms with Gasteiger partial charge in [-0.15, -0.1) is 0 Å². The zero-order valence-corrected chi connectivity index (χ0v) is 11.4. The number of rotatable bonds is 6. The highest BCUT2D eigenvalue weighted by Gasteiger charge is 2.24. The van der Waals surface area contributed by atoms with Crippen molar-refractivity contribution in [3.8, 4) is 0 Å². The summed E-state index contributed by atoms with van der Waals surface area (Å²) in [6.07, 6.45) is 2.45. The van der Waals surface area contributed by atoms with Gasteiger partial charge in [0.05, 0.1) is 13.0 Å². The molecule has 1 rings (SSSR count). The smallest absolute Gasteiger partial charge is 0.306 e. The third-order valence-electron chi connectivity index (χ3n) is 3.26. The minimum Gasteiger partial charge on any atom is -0.466 e. The van der Waals surface area contributed by atoms with Crippen molar-refractivity contribution in [2.75, 3.05) is 26.2 Å². The van der Waals surface area contributed by atoms with Gasteiger partial charge in [0.15, 0.2) is 0 Å². The number of esters is 1. The van der Waals surface area contributed by atoms with Crippen LogP contribution in [0.4, 0.5) is 0 Å². The maximum Gasteiger partial charge on any atom is 0.306 e. The summed E-state index contributed by atoms with van der Waals surface area (Å²) in [6.45, 7) is 6.78. The molecule has 0 aliphatic carbocycles. The van der Waals surface area contributed by atoms with Crippen LogP contribution in [0.25, 0.3) is 0 Å². The van der Waals surface area contributed by atoms with Crippen molar-refractivity contribution in [3.63, 3.8) is 0 Å². The topological polar surface area (TPSA) is 58.6 Å². The molecule has 0 aromatic carbocycles. The van der Waals surface area contributed by atoms with E-state index in [-0.39, 0.29) is 24.7 Å². The highest BCUT2D eigenvalue weighted by atomic mass is 16.5. The van der Waals surface area contributed by atoms with Crippen molar-refractivity contribution in [1.82, 2.24) is 10.2 Å². The second kappa shape index (κ2) is 8.08. The van der Waals surface area contributed by atoms with E-state index in [4.69, 9.17) is 4.74 Å². The Bertz CT molecular complexity index is 275. The van der Waals surface area contributed by atoms with Gasteiger partial charge in [-0.25, -0.2) is 0 Å². The van der Waals surface area contributed by atoms with Gasteiger partial charge < -0.3 is 15.0 Å². The predicted molar refractivity (Wildman–Crippen MR) is 69.1 cm³/mol. The quantitative estimate of drug-likeness (QED) is 0.718. The lowest BCUT2D eigenvalue weighted by Crippen LogP contribution is -2.46. The summed E-state index contributed by atoms with van der Waals surface area (Å²) in [4.78, 5) is 25.2. The lowest BCUT2D eigenvalue weighted by molar-refractivity contribution is -0.146. The molecule has 0 aromatic rings. The molecule has 1 fully saturated rings. The van der Waals surface area contributed by atoms with Crippen LogP contribution in [0.1, 0.15) is 39.5 Å². The largest absolute Gasteiger partial charge is 0.466 e. The normalized spacial score (nSPS) is 16.3. The molecule has 1 N–H and O–H groups in total. The van der Waals surface area contributed by atoms with Gasteiger partial charge in [0, 0.05) is 19.0 Å². The van der Waals surface area contributed by atoms with E-state index in [2.05, 4.69) is 5.32 Å². The van der Waals surface area contributed by atoms with Crippen LogP contribution in [0.5, 0.6) is 0 Å². The average Bonchev–Trinajstić information content (AvgIpc) is 2.39. The van der Waals surface area contributed by atoms with E-state index in [0.717, 1.165) is 25.9 Å². The number of carbonyl (C=O) groups is 2. The van der Waals surface area contributed by atoms with Crippen LogP contribution in [0, 0.1) is 0 Å². The van der Waals surface area contributed by atoms with E-state index in [1.807, 2.05) is 11.8 Å². The third-order valence-corrected chi connectivity index (χ3v) is 3.26. The average molecular weight is 256 g/mol. The minimum atomic E-state index is -0.285. The van der Waals surface area contributed by atoms with E-state index in [0.29, 0.717) is 19.2 Å². The molecule has 0 atom stereocenters. The fraction of sp³-hybridized carbons (Fsp3) is 0.846. The molecule has 18 heavy (non-hydrogen) atoms. The lowest BCUT2D eigenvalue weighted by Gasteiger charge is -2.34.